The fourth-order valence-corrected chi connectivity index (χ4v) is 2.41. The normalized spacial score (nSPS) is 23.8. The first kappa shape index (κ1) is 11.6. The molecule has 1 aliphatic heterocycles. The van der Waals surface area contributed by atoms with Crippen LogP contribution in [0, 0.1) is 0 Å². The van der Waals surface area contributed by atoms with Crippen LogP contribution in [0.25, 0.3) is 0 Å². The van der Waals surface area contributed by atoms with Gasteiger partial charge in [0, 0.05) is 5.57 Å². The number of rotatable bonds is 1. The standard InChI is InChI=1S/C14H15NO2/c1-9(2)11-12(16)15-13(17)14(11,3)10-7-5-4-6-8-10/h4-8H,1-3H3,(H,15,16,17)/t14-/m0/s1. The maximum absolute atomic E-state index is 12.1. The van der Waals surface area contributed by atoms with Crippen LogP contribution < -0.4 is 5.32 Å². The molecule has 0 spiro atoms. The summed E-state index contributed by atoms with van der Waals surface area (Å²) in [5.74, 6) is -0.522. The summed E-state index contributed by atoms with van der Waals surface area (Å²) in [6.45, 7) is 5.51. The number of allylic oxidation sites excluding steroid dienone is 1. The molecule has 2 rings (SSSR count). The van der Waals surface area contributed by atoms with Crippen LogP contribution in [0.4, 0.5) is 0 Å². The van der Waals surface area contributed by atoms with Gasteiger partial charge in [-0.25, -0.2) is 0 Å². The average molecular weight is 229 g/mol. The second-order valence-corrected chi connectivity index (χ2v) is 4.65. The van der Waals surface area contributed by atoms with Crippen molar-refractivity contribution in [2.24, 2.45) is 0 Å². The lowest BCUT2D eigenvalue weighted by Gasteiger charge is -2.23. The summed E-state index contributed by atoms with van der Waals surface area (Å²) in [6.07, 6.45) is 0. The topological polar surface area (TPSA) is 46.2 Å². The Kier molecular flexibility index (Phi) is 2.62. The number of benzene rings is 1. The van der Waals surface area contributed by atoms with E-state index in [0.717, 1.165) is 11.1 Å². The molecule has 0 radical (unpaired) electrons. The number of imide groups is 1. The van der Waals surface area contributed by atoms with Gasteiger partial charge < -0.3 is 0 Å². The molecule has 17 heavy (non-hydrogen) atoms. The predicted molar refractivity (Wildman–Crippen MR) is 65.3 cm³/mol. The Bertz CT molecular complexity index is 512. The van der Waals surface area contributed by atoms with Crippen LogP contribution in [0.1, 0.15) is 26.3 Å². The highest BCUT2D eigenvalue weighted by molar-refractivity contribution is 6.20. The van der Waals surface area contributed by atoms with Gasteiger partial charge in [-0.15, -0.1) is 0 Å². The lowest BCUT2D eigenvalue weighted by atomic mass is 9.76. The van der Waals surface area contributed by atoms with Crippen molar-refractivity contribution in [3.05, 3.63) is 47.0 Å². The van der Waals surface area contributed by atoms with E-state index in [4.69, 9.17) is 0 Å². The Balaban J connectivity index is 2.67. The molecule has 3 nitrogen and oxygen atoms in total. The minimum atomic E-state index is -0.864. The zero-order chi connectivity index (χ0) is 12.6. The molecule has 1 heterocycles. The van der Waals surface area contributed by atoms with Crippen LogP contribution in [-0.2, 0) is 15.0 Å². The Morgan fingerprint density at radius 3 is 2.24 bits per heavy atom. The highest BCUT2D eigenvalue weighted by Crippen LogP contribution is 2.37. The second-order valence-electron chi connectivity index (χ2n) is 4.65. The molecule has 0 unspecified atom stereocenters. The van der Waals surface area contributed by atoms with Crippen molar-refractivity contribution in [3.63, 3.8) is 0 Å². The quantitative estimate of drug-likeness (QED) is 0.591. The van der Waals surface area contributed by atoms with E-state index in [1.807, 2.05) is 44.2 Å². The van der Waals surface area contributed by atoms with Crippen molar-refractivity contribution in [2.75, 3.05) is 0 Å². The first-order valence-corrected chi connectivity index (χ1v) is 5.57. The highest BCUT2D eigenvalue weighted by atomic mass is 16.2. The molecule has 0 aromatic heterocycles. The number of nitrogens with one attached hydrogen (secondary N) is 1. The molecule has 0 saturated carbocycles. The molecule has 1 N–H and O–H groups in total. The summed E-state index contributed by atoms with van der Waals surface area (Å²) in [4.78, 5) is 23.9. The molecule has 88 valence electrons. The van der Waals surface area contributed by atoms with Gasteiger partial charge in [0.1, 0.15) is 5.41 Å². The van der Waals surface area contributed by atoms with E-state index in [1.54, 1.807) is 6.92 Å². The van der Waals surface area contributed by atoms with E-state index in [0.29, 0.717) is 5.57 Å². The first-order valence-electron chi connectivity index (χ1n) is 5.57. The van der Waals surface area contributed by atoms with E-state index in [1.165, 1.54) is 0 Å². The van der Waals surface area contributed by atoms with Gasteiger partial charge in [0.2, 0.25) is 5.91 Å². The Labute approximate surface area is 101 Å². The van der Waals surface area contributed by atoms with Crippen molar-refractivity contribution < 1.29 is 9.59 Å². The fraction of sp³-hybridized carbons (Fsp3) is 0.286. The van der Waals surface area contributed by atoms with E-state index in [2.05, 4.69) is 5.32 Å². The third-order valence-corrected chi connectivity index (χ3v) is 3.26. The monoisotopic (exact) mass is 229 g/mol. The summed E-state index contributed by atoms with van der Waals surface area (Å²) in [6, 6.07) is 9.39. The molecular formula is C14H15NO2. The summed E-state index contributed by atoms with van der Waals surface area (Å²) < 4.78 is 0. The van der Waals surface area contributed by atoms with Gasteiger partial charge in [-0.05, 0) is 26.3 Å². The number of carbonyl (C=O) groups excluding carboxylic acids is 2. The van der Waals surface area contributed by atoms with Crippen molar-refractivity contribution in [1.82, 2.24) is 5.32 Å². The van der Waals surface area contributed by atoms with Crippen LogP contribution >= 0.6 is 0 Å². The van der Waals surface area contributed by atoms with Crippen molar-refractivity contribution in [3.8, 4) is 0 Å². The third-order valence-electron chi connectivity index (χ3n) is 3.26. The van der Waals surface area contributed by atoms with E-state index in [-0.39, 0.29) is 11.8 Å². The molecule has 0 aliphatic carbocycles. The predicted octanol–water partition coefficient (Wildman–Crippen LogP) is 1.94. The van der Waals surface area contributed by atoms with E-state index < -0.39 is 5.41 Å². The van der Waals surface area contributed by atoms with Crippen molar-refractivity contribution >= 4 is 11.8 Å². The highest BCUT2D eigenvalue weighted by Gasteiger charge is 2.49. The molecule has 1 fully saturated rings. The molecule has 0 bridgehead atoms. The average Bonchev–Trinajstić information content (AvgIpc) is 2.51. The number of hydrogen-bond acceptors (Lipinski definition) is 2. The fourth-order valence-electron chi connectivity index (χ4n) is 2.41. The molecule has 1 aromatic rings. The van der Waals surface area contributed by atoms with Crippen LogP contribution in [0.2, 0.25) is 0 Å². The molecule has 1 aromatic carbocycles. The lowest BCUT2D eigenvalue weighted by Crippen LogP contribution is -2.33. The smallest absolute Gasteiger partial charge is 0.255 e. The Morgan fingerprint density at radius 1 is 1.12 bits per heavy atom. The maximum Gasteiger partial charge on any atom is 0.255 e. The zero-order valence-corrected chi connectivity index (χ0v) is 10.2. The van der Waals surface area contributed by atoms with Gasteiger partial charge in [0.05, 0.1) is 0 Å². The summed E-state index contributed by atoms with van der Waals surface area (Å²) >= 11 is 0. The van der Waals surface area contributed by atoms with Crippen LogP contribution in [-0.4, -0.2) is 11.8 Å². The number of amides is 2. The van der Waals surface area contributed by atoms with Gasteiger partial charge >= 0.3 is 0 Å². The minimum absolute atomic E-state index is 0.245. The zero-order valence-electron chi connectivity index (χ0n) is 10.2. The summed E-state index contributed by atoms with van der Waals surface area (Å²) in [5, 5.41) is 2.40. The number of carbonyl (C=O) groups is 2. The summed E-state index contributed by atoms with van der Waals surface area (Å²) in [5.41, 5.74) is 1.42. The molecule has 1 saturated heterocycles. The van der Waals surface area contributed by atoms with Gasteiger partial charge in [0.15, 0.2) is 0 Å². The minimum Gasteiger partial charge on any atom is -0.291 e. The first-order chi connectivity index (χ1) is 7.98. The SMILES string of the molecule is CC(C)=C1C(=O)NC(=O)[C@@]1(C)c1ccccc1. The lowest BCUT2D eigenvalue weighted by molar-refractivity contribution is -0.126. The maximum atomic E-state index is 12.1. The molecule has 2 amide bonds. The third kappa shape index (κ3) is 1.58. The molecule has 1 aliphatic rings. The van der Waals surface area contributed by atoms with Gasteiger partial charge in [-0.3, -0.25) is 14.9 Å². The van der Waals surface area contributed by atoms with Crippen molar-refractivity contribution in [1.29, 1.82) is 0 Å². The van der Waals surface area contributed by atoms with Crippen LogP contribution in [0.3, 0.4) is 0 Å². The molecular weight excluding hydrogens is 214 g/mol. The van der Waals surface area contributed by atoms with Gasteiger partial charge in [-0.1, -0.05) is 35.9 Å². The molecule has 3 heteroatoms. The Morgan fingerprint density at radius 2 is 1.71 bits per heavy atom. The largest absolute Gasteiger partial charge is 0.291 e. The van der Waals surface area contributed by atoms with E-state index >= 15 is 0 Å². The molecule has 1 atom stereocenters. The van der Waals surface area contributed by atoms with Crippen LogP contribution in [0.5, 0.6) is 0 Å². The van der Waals surface area contributed by atoms with E-state index in [9.17, 15) is 9.59 Å². The second kappa shape index (κ2) is 3.84. The van der Waals surface area contributed by atoms with Crippen LogP contribution in [0.15, 0.2) is 41.5 Å². The number of hydrogen-bond donors (Lipinski definition) is 1. The van der Waals surface area contributed by atoms with Gasteiger partial charge in [-0.2, -0.15) is 0 Å². The summed E-state index contributed by atoms with van der Waals surface area (Å²) in [7, 11) is 0. The van der Waals surface area contributed by atoms with Crippen molar-refractivity contribution in [2.45, 2.75) is 26.2 Å². The Hall–Kier alpha value is -1.90. The van der Waals surface area contributed by atoms with Gasteiger partial charge in [0.25, 0.3) is 5.91 Å².